The average molecular weight is 480 g/mol. The Morgan fingerprint density at radius 2 is 1.83 bits per heavy atom. The minimum absolute atomic E-state index is 0.188. The zero-order chi connectivity index (χ0) is 25.2. The maximum absolute atomic E-state index is 13.4. The molecule has 1 aromatic heterocycles. The van der Waals surface area contributed by atoms with Gasteiger partial charge in [-0.3, -0.25) is 9.59 Å². The van der Waals surface area contributed by atoms with Gasteiger partial charge in [-0.2, -0.15) is 5.26 Å². The molecule has 0 unspecified atom stereocenters. The summed E-state index contributed by atoms with van der Waals surface area (Å²) in [5.41, 5.74) is 4.39. The van der Waals surface area contributed by atoms with Crippen molar-refractivity contribution in [2.24, 2.45) is 5.16 Å². The number of likely N-dealkylation sites (tertiary alicyclic amines) is 1. The summed E-state index contributed by atoms with van der Waals surface area (Å²) in [5.74, 6) is -0.598. The van der Waals surface area contributed by atoms with Crippen LogP contribution in [0.5, 0.6) is 0 Å². The Balaban J connectivity index is 1.44. The van der Waals surface area contributed by atoms with Crippen LogP contribution in [-0.4, -0.2) is 46.7 Å². The molecule has 1 N–H and O–H groups in total. The van der Waals surface area contributed by atoms with Crippen molar-refractivity contribution in [2.75, 3.05) is 19.0 Å². The van der Waals surface area contributed by atoms with Crippen molar-refractivity contribution in [3.63, 3.8) is 0 Å². The van der Waals surface area contributed by atoms with Crippen molar-refractivity contribution < 1.29 is 14.4 Å². The van der Waals surface area contributed by atoms with Gasteiger partial charge in [-0.1, -0.05) is 23.4 Å². The first-order valence-corrected chi connectivity index (χ1v) is 11.8. The summed E-state index contributed by atoms with van der Waals surface area (Å²) in [6.07, 6.45) is 0.277. The van der Waals surface area contributed by atoms with Crippen LogP contribution in [0.15, 0.2) is 71.9 Å². The van der Waals surface area contributed by atoms with E-state index in [1.807, 2.05) is 36.4 Å². The number of aromatic nitrogens is 1. The molecule has 0 spiro atoms. The quantitative estimate of drug-likeness (QED) is 0.425. The number of nitriles is 1. The molecular weight excluding hydrogens is 454 g/mol. The van der Waals surface area contributed by atoms with Crippen LogP contribution in [0.4, 0.5) is 5.69 Å². The zero-order valence-corrected chi connectivity index (χ0v) is 20.1. The van der Waals surface area contributed by atoms with Crippen molar-refractivity contribution in [3.05, 3.63) is 77.9 Å². The van der Waals surface area contributed by atoms with Crippen LogP contribution in [0, 0.1) is 11.3 Å². The van der Waals surface area contributed by atoms with Gasteiger partial charge in [-0.25, -0.2) is 0 Å². The minimum Gasteiger partial charge on any atom is -0.399 e. The van der Waals surface area contributed by atoms with E-state index in [9.17, 15) is 9.59 Å². The van der Waals surface area contributed by atoms with Crippen LogP contribution in [-0.2, 0) is 16.2 Å². The predicted octanol–water partition coefficient (Wildman–Crippen LogP) is 4.54. The lowest BCUT2D eigenvalue weighted by atomic mass is 10.1. The largest absolute Gasteiger partial charge is 0.399 e. The fourth-order valence-corrected chi connectivity index (χ4v) is 4.90. The van der Waals surface area contributed by atoms with Crippen molar-refractivity contribution >= 4 is 45.0 Å². The topological polar surface area (TPSA) is 99.7 Å². The molecule has 8 heteroatoms. The van der Waals surface area contributed by atoms with E-state index in [2.05, 4.69) is 34.1 Å². The summed E-state index contributed by atoms with van der Waals surface area (Å²) in [6, 6.07) is 21.8. The molecule has 1 atom stereocenters. The van der Waals surface area contributed by atoms with Crippen molar-refractivity contribution in [2.45, 2.75) is 25.9 Å². The number of anilines is 1. The van der Waals surface area contributed by atoms with Crippen LogP contribution < -0.4 is 5.32 Å². The minimum atomic E-state index is -0.741. The van der Waals surface area contributed by atoms with E-state index in [-0.39, 0.29) is 24.8 Å². The van der Waals surface area contributed by atoms with E-state index in [1.165, 1.54) is 12.0 Å². The Bertz CT molecular complexity index is 1550. The Morgan fingerprint density at radius 1 is 1.08 bits per heavy atom. The number of rotatable bonds is 5. The SMILES string of the molecule is CCn1c2ccccc2c2cc(NC(=O)[C@@H]3C/C(=N\OC)CN3C(=O)c3ccc(C#N)cc3)ccc21. The molecule has 0 bridgehead atoms. The van der Waals surface area contributed by atoms with Gasteiger partial charge in [-0.15, -0.1) is 0 Å². The molecule has 0 radical (unpaired) electrons. The van der Waals surface area contributed by atoms with Gasteiger partial charge >= 0.3 is 0 Å². The number of nitrogens with zero attached hydrogens (tertiary/aromatic N) is 4. The highest BCUT2D eigenvalue weighted by Crippen LogP contribution is 2.31. The standard InChI is InChI=1S/C28H25N5O3/c1-3-32-24-7-5-4-6-22(24)23-14-20(12-13-25(23)32)30-27(34)26-15-21(31-36-2)17-33(26)28(35)19-10-8-18(16-29)9-11-19/h4-14,26H,3,15,17H2,1-2H3,(H,30,34)/b31-21+/t26-/m0/s1. The number of nitrogens with one attached hydrogen (secondary N) is 1. The number of fused-ring (bicyclic) bond motifs is 3. The number of para-hydroxylation sites is 1. The predicted molar refractivity (Wildman–Crippen MR) is 139 cm³/mol. The van der Waals surface area contributed by atoms with Crippen molar-refractivity contribution in [3.8, 4) is 6.07 Å². The molecule has 3 aromatic carbocycles. The first-order chi connectivity index (χ1) is 17.5. The van der Waals surface area contributed by atoms with Gasteiger partial charge in [0, 0.05) is 46.0 Å². The maximum Gasteiger partial charge on any atom is 0.254 e. The first kappa shape index (κ1) is 23.1. The second kappa shape index (κ2) is 9.55. The number of carbonyl (C=O) groups excluding carboxylic acids is 2. The van der Waals surface area contributed by atoms with E-state index >= 15 is 0 Å². The number of oxime groups is 1. The number of aryl methyl sites for hydroxylation is 1. The Labute approximate surface area is 208 Å². The van der Waals surface area contributed by atoms with E-state index in [0.717, 1.165) is 28.4 Å². The summed E-state index contributed by atoms with van der Waals surface area (Å²) in [4.78, 5) is 33.1. The molecular formula is C28H25N5O3. The fourth-order valence-electron chi connectivity index (χ4n) is 4.90. The van der Waals surface area contributed by atoms with Crippen LogP contribution in [0.25, 0.3) is 21.8 Å². The molecule has 36 heavy (non-hydrogen) atoms. The molecule has 0 aliphatic carbocycles. The number of hydrogen-bond donors (Lipinski definition) is 1. The summed E-state index contributed by atoms with van der Waals surface area (Å²) in [6.45, 7) is 3.14. The highest BCUT2D eigenvalue weighted by molar-refractivity contribution is 6.11. The Hall–Kier alpha value is -4.64. The zero-order valence-electron chi connectivity index (χ0n) is 20.1. The van der Waals surface area contributed by atoms with Gasteiger partial charge in [0.15, 0.2) is 0 Å². The van der Waals surface area contributed by atoms with Gasteiger partial charge < -0.3 is 19.6 Å². The smallest absolute Gasteiger partial charge is 0.254 e. The monoisotopic (exact) mass is 479 g/mol. The van der Waals surface area contributed by atoms with E-state index in [1.54, 1.807) is 24.3 Å². The van der Waals surface area contributed by atoms with E-state index in [0.29, 0.717) is 22.5 Å². The fraction of sp³-hybridized carbons (Fsp3) is 0.214. The summed E-state index contributed by atoms with van der Waals surface area (Å²) in [7, 11) is 1.44. The van der Waals surface area contributed by atoms with Crippen LogP contribution in [0.1, 0.15) is 29.3 Å². The summed E-state index contributed by atoms with van der Waals surface area (Å²) >= 11 is 0. The lowest BCUT2D eigenvalue weighted by Crippen LogP contribution is -2.43. The number of amides is 2. The van der Waals surface area contributed by atoms with Crippen molar-refractivity contribution in [1.29, 1.82) is 5.26 Å². The Morgan fingerprint density at radius 3 is 2.56 bits per heavy atom. The molecule has 180 valence electrons. The molecule has 0 saturated carbocycles. The third kappa shape index (κ3) is 4.05. The molecule has 4 aromatic rings. The van der Waals surface area contributed by atoms with Gasteiger partial charge in [-0.05, 0) is 55.5 Å². The lowest BCUT2D eigenvalue weighted by Gasteiger charge is -2.23. The van der Waals surface area contributed by atoms with Crippen LogP contribution in [0.2, 0.25) is 0 Å². The van der Waals surface area contributed by atoms with Gasteiger partial charge in [0.2, 0.25) is 5.91 Å². The third-order valence-electron chi connectivity index (χ3n) is 6.56. The number of benzene rings is 3. The lowest BCUT2D eigenvalue weighted by molar-refractivity contribution is -0.119. The second-order valence-electron chi connectivity index (χ2n) is 8.66. The van der Waals surface area contributed by atoms with Gasteiger partial charge in [0.05, 0.1) is 23.9 Å². The highest BCUT2D eigenvalue weighted by Gasteiger charge is 2.38. The highest BCUT2D eigenvalue weighted by atomic mass is 16.6. The second-order valence-corrected chi connectivity index (χ2v) is 8.66. The molecule has 1 aliphatic rings. The molecule has 1 saturated heterocycles. The number of hydrogen-bond acceptors (Lipinski definition) is 5. The van der Waals surface area contributed by atoms with Gasteiger partial charge in [0.25, 0.3) is 5.91 Å². The Kier molecular flexibility index (Phi) is 6.13. The summed E-state index contributed by atoms with van der Waals surface area (Å²) in [5, 5.41) is 18.2. The van der Waals surface area contributed by atoms with Gasteiger partial charge in [0.1, 0.15) is 13.2 Å². The molecule has 8 nitrogen and oxygen atoms in total. The normalized spacial score (nSPS) is 16.4. The van der Waals surface area contributed by atoms with Crippen molar-refractivity contribution in [1.82, 2.24) is 9.47 Å². The third-order valence-corrected chi connectivity index (χ3v) is 6.56. The molecule has 5 rings (SSSR count). The molecule has 1 aliphatic heterocycles. The molecule has 1 fully saturated rings. The van der Waals surface area contributed by atoms with Crippen LogP contribution in [0.3, 0.4) is 0 Å². The number of carbonyl (C=O) groups is 2. The molecule has 2 heterocycles. The molecule has 2 amide bonds. The van der Waals surface area contributed by atoms with Crippen LogP contribution >= 0.6 is 0 Å². The first-order valence-electron chi connectivity index (χ1n) is 11.8. The van der Waals surface area contributed by atoms with E-state index < -0.39 is 6.04 Å². The average Bonchev–Trinajstić information content (AvgIpc) is 3.47. The maximum atomic E-state index is 13.4. The van der Waals surface area contributed by atoms with E-state index in [4.69, 9.17) is 10.1 Å². The summed E-state index contributed by atoms with van der Waals surface area (Å²) < 4.78 is 2.25.